The summed E-state index contributed by atoms with van der Waals surface area (Å²) in [6.07, 6.45) is 1.03. The molecule has 0 saturated heterocycles. The van der Waals surface area contributed by atoms with Gasteiger partial charge >= 0.3 is 0 Å². The molecule has 0 bridgehead atoms. The van der Waals surface area contributed by atoms with Gasteiger partial charge in [0, 0.05) is 11.6 Å². The summed E-state index contributed by atoms with van der Waals surface area (Å²) in [7, 11) is 1.66. The van der Waals surface area contributed by atoms with Crippen molar-refractivity contribution in [3.8, 4) is 0 Å². The van der Waals surface area contributed by atoms with Crippen molar-refractivity contribution in [3.63, 3.8) is 0 Å². The first-order chi connectivity index (χ1) is 7.11. The second-order valence-corrected chi connectivity index (χ2v) is 5.31. The van der Waals surface area contributed by atoms with E-state index in [-0.39, 0.29) is 0 Å². The molecule has 0 aromatic carbocycles. The zero-order chi connectivity index (χ0) is 11.5. The van der Waals surface area contributed by atoms with Gasteiger partial charge in [-0.3, -0.25) is 0 Å². The van der Waals surface area contributed by atoms with Crippen LogP contribution in [0.3, 0.4) is 0 Å². The second-order valence-electron chi connectivity index (χ2n) is 3.51. The first-order valence-corrected chi connectivity index (χ1v) is 6.74. The van der Waals surface area contributed by atoms with Gasteiger partial charge in [-0.15, -0.1) is 11.3 Å². The van der Waals surface area contributed by atoms with Gasteiger partial charge in [0.05, 0.1) is 10.5 Å². The molecule has 1 aromatic rings. The fourth-order valence-corrected chi connectivity index (χ4v) is 3.46. The van der Waals surface area contributed by atoms with Crippen molar-refractivity contribution in [1.82, 2.24) is 0 Å². The van der Waals surface area contributed by atoms with Gasteiger partial charge in [0.15, 0.2) is 0 Å². The molecule has 0 amide bonds. The van der Waals surface area contributed by atoms with E-state index in [0.717, 1.165) is 22.2 Å². The quantitative estimate of drug-likeness (QED) is 0.896. The van der Waals surface area contributed by atoms with Gasteiger partial charge in [-0.25, -0.2) is 0 Å². The first-order valence-electron chi connectivity index (χ1n) is 5.07. The summed E-state index contributed by atoms with van der Waals surface area (Å²) >= 11 is 5.00. The summed E-state index contributed by atoms with van der Waals surface area (Å²) < 4.78 is 6.47. The van der Waals surface area contributed by atoms with E-state index in [0.29, 0.717) is 0 Å². The third-order valence-corrected chi connectivity index (χ3v) is 4.92. The molecule has 1 atom stereocenters. The minimum atomic E-state index is -0.563. The lowest BCUT2D eigenvalue weighted by atomic mass is 9.89. The smallest absolute Gasteiger partial charge is 0.118 e. The molecule has 0 saturated carbocycles. The number of aliphatic hydroxyl groups excluding tert-OH is 1. The highest BCUT2D eigenvalue weighted by molar-refractivity contribution is 9.10. The molecule has 1 N–H and O–H groups in total. The number of thiophene rings is 1. The summed E-state index contributed by atoms with van der Waals surface area (Å²) in [4.78, 5) is 0.945. The maximum atomic E-state index is 10.4. The highest BCUT2D eigenvalue weighted by atomic mass is 79.9. The molecule has 1 rings (SSSR count). The van der Waals surface area contributed by atoms with Crippen molar-refractivity contribution in [2.24, 2.45) is 0 Å². The molecule has 1 aromatic heterocycles. The third-order valence-electron chi connectivity index (χ3n) is 2.99. The van der Waals surface area contributed by atoms with Crippen LogP contribution in [0.15, 0.2) is 15.9 Å². The van der Waals surface area contributed by atoms with Crippen molar-refractivity contribution >= 4 is 27.3 Å². The molecule has 4 heteroatoms. The van der Waals surface area contributed by atoms with E-state index in [1.54, 1.807) is 18.4 Å². The standard InChI is InChI=1S/C11H17BrO2S/c1-4-11(5-2,14-3)10(13)9-8(12)6-7-15-9/h6-7,10,13H,4-5H2,1-3H3. The number of hydrogen-bond donors (Lipinski definition) is 1. The van der Waals surface area contributed by atoms with E-state index in [2.05, 4.69) is 15.9 Å². The third kappa shape index (κ3) is 2.44. The zero-order valence-electron chi connectivity index (χ0n) is 9.29. The van der Waals surface area contributed by atoms with Gasteiger partial charge < -0.3 is 9.84 Å². The first kappa shape index (κ1) is 13.2. The fraction of sp³-hybridized carbons (Fsp3) is 0.636. The molecule has 2 nitrogen and oxygen atoms in total. The van der Waals surface area contributed by atoms with Gasteiger partial charge in [-0.05, 0) is 40.2 Å². The largest absolute Gasteiger partial charge is 0.384 e. The topological polar surface area (TPSA) is 29.5 Å². The molecular formula is C11H17BrO2S. The lowest BCUT2D eigenvalue weighted by Gasteiger charge is -2.34. The summed E-state index contributed by atoms with van der Waals surface area (Å²) in [5.41, 5.74) is -0.465. The van der Waals surface area contributed by atoms with Crippen LogP contribution in [0.25, 0.3) is 0 Å². The maximum Gasteiger partial charge on any atom is 0.118 e. The Hall–Kier alpha value is 0.100. The number of aliphatic hydroxyl groups is 1. The Bertz CT molecular complexity index is 299. The normalized spacial score (nSPS) is 14.2. The molecule has 1 unspecified atom stereocenters. The Balaban J connectivity index is 3.00. The monoisotopic (exact) mass is 292 g/mol. The van der Waals surface area contributed by atoms with E-state index in [9.17, 15) is 5.11 Å². The number of ether oxygens (including phenoxy) is 1. The van der Waals surface area contributed by atoms with E-state index < -0.39 is 11.7 Å². The fourth-order valence-electron chi connectivity index (χ4n) is 1.78. The average molecular weight is 293 g/mol. The molecule has 15 heavy (non-hydrogen) atoms. The summed E-state index contributed by atoms with van der Waals surface area (Å²) in [5.74, 6) is 0. The van der Waals surface area contributed by atoms with Crippen LogP contribution >= 0.6 is 27.3 Å². The summed E-state index contributed by atoms with van der Waals surface area (Å²) in [5, 5.41) is 12.3. The number of halogens is 1. The van der Waals surface area contributed by atoms with E-state index >= 15 is 0 Å². The molecule has 0 spiro atoms. The lowest BCUT2D eigenvalue weighted by molar-refractivity contribution is -0.108. The number of methoxy groups -OCH3 is 1. The van der Waals surface area contributed by atoms with Crippen molar-refractivity contribution in [2.75, 3.05) is 7.11 Å². The Kier molecular flexibility index (Phi) is 4.77. The van der Waals surface area contributed by atoms with Gasteiger partial charge in [0.2, 0.25) is 0 Å². The molecular weight excluding hydrogens is 276 g/mol. The van der Waals surface area contributed by atoms with Crippen LogP contribution in [-0.2, 0) is 4.74 Å². The Morgan fingerprint density at radius 3 is 2.47 bits per heavy atom. The van der Waals surface area contributed by atoms with Crippen molar-refractivity contribution in [3.05, 3.63) is 20.8 Å². The molecule has 1 heterocycles. The van der Waals surface area contributed by atoms with Gasteiger partial charge in [-0.2, -0.15) is 0 Å². The minimum Gasteiger partial charge on any atom is -0.384 e. The van der Waals surface area contributed by atoms with Gasteiger partial charge in [0.1, 0.15) is 6.10 Å². The average Bonchev–Trinajstić information content (AvgIpc) is 2.67. The molecule has 86 valence electrons. The molecule has 0 aliphatic rings. The van der Waals surface area contributed by atoms with Crippen LogP contribution < -0.4 is 0 Å². The highest BCUT2D eigenvalue weighted by Gasteiger charge is 2.37. The lowest BCUT2D eigenvalue weighted by Crippen LogP contribution is -2.37. The summed E-state index contributed by atoms with van der Waals surface area (Å²) in [6.45, 7) is 4.08. The van der Waals surface area contributed by atoms with Crippen molar-refractivity contribution < 1.29 is 9.84 Å². The van der Waals surface area contributed by atoms with Crippen LogP contribution in [0, 0.1) is 0 Å². The predicted octanol–water partition coefficient (Wildman–Crippen LogP) is 3.75. The number of rotatable bonds is 5. The molecule has 0 radical (unpaired) electrons. The van der Waals surface area contributed by atoms with Crippen LogP contribution in [0.5, 0.6) is 0 Å². The van der Waals surface area contributed by atoms with E-state index in [1.165, 1.54) is 0 Å². The van der Waals surface area contributed by atoms with Crippen LogP contribution in [0.2, 0.25) is 0 Å². The van der Waals surface area contributed by atoms with Gasteiger partial charge in [0.25, 0.3) is 0 Å². The van der Waals surface area contributed by atoms with Crippen LogP contribution in [-0.4, -0.2) is 17.8 Å². The van der Waals surface area contributed by atoms with Crippen LogP contribution in [0.1, 0.15) is 37.7 Å². The minimum absolute atomic E-state index is 0.465. The molecule has 0 aliphatic carbocycles. The summed E-state index contributed by atoms with van der Waals surface area (Å²) in [6, 6.07) is 1.95. The Morgan fingerprint density at radius 1 is 1.53 bits per heavy atom. The van der Waals surface area contributed by atoms with E-state index in [4.69, 9.17) is 4.74 Å². The van der Waals surface area contributed by atoms with Gasteiger partial charge in [-0.1, -0.05) is 13.8 Å². The maximum absolute atomic E-state index is 10.4. The van der Waals surface area contributed by atoms with Crippen LogP contribution in [0.4, 0.5) is 0 Å². The Labute approximate surface area is 103 Å². The van der Waals surface area contributed by atoms with Crippen molar-refractivity contribution in [1.29, 1.82) is 0 Å². The highest BCUT2D eigenvalue weighted by Crippen LogP contribution is 2.40. The molecule has 0 fully saturated rings. The Morgan fingerprint density at radius 2 is 2.13 bits per heavy atom. The molecule has 0 aliphatic heterocycles. The van der Waals surface area contributed by atoms with Crippen molar-refractivity contribution in [2.45, 2.75) is 38.4 Å². The predicted molar refractivity (Wildman–Crippen MR) is 67.3 cm³/mol. The second kappa shape index (κ2) is 5.43. The SMILES string of the molecule is CCC(CC)(OC)C(O)c1sccc1Br. The zero-order valence-corrected chi connectivity index (χ0v) is 11.7. The van der Waals surface area contributed by atoms with E-state index in [1.807, 2.05) is 25.3 Å². The number of hydrogen-bond acceptors (Lipinski definition) is 3.